The van der Waals surface area contributed by atoms with Gasteiger partial charge in [-0.1, -0.05) is 30.3 Å². The number of benzene rings is 2. The highest BCUT2D eigenvalue weighted by molar-refractivity contribution is 7.17. The standard InChI is InChI=1S/C24H16FN3O3S/c1-31-19-4-2-3-18(10-19)28-23(29)21-20(13-32-22(21)27-24(28)30)15-7-5-14(6-8-15)16-9-17(25)12-26-11-16/h2-13H,1H3,(H,27,30). The molecule has 0 saturated carbocycles. The van der Waals surface area contributed by atoms with Gasteiger partial charge >= 0.3 is 5.69 Å². The summed E-state index contributed by atoms with van der Waals surface area (Å²) in [5.74, 6) is 0.138. The number of hydrogen-bond donors (Lipinski definition) is 1. The molecule has 0 bridgehead atoms. The Balaban J connectivity index is 1.64. The molecule has 0 amide bonds. The number of fused-ring (bicyclic) bond motifs is 1. The minimum absolute atomic E-state index is 0.405. The first-order valence-electron chi connectivity index (χ1n) is 9.67. The van der Waals surface area contributed by atoms with Crippen molar-refractivity contribution >= 4 is 21.6 Å². The highest BCUT2D eigenvalue weighted by Crippen LogP contribution is 2.32. The second kappa shape index (κ2) is 7.90. The molecule has 0 radical (unpaired) electrons. The maximum Gasteiger partial charge on any atom is 0.334 e. The number of nitrogens with one attached hydrogen (secondary N) is 1. The fraction of sp³-hybridized carbons (Fsp3) is 0.0417. The fourth-order valence-corrected chi connectivity index (χ4v) is 4.58. The molecule has 158 valence electrons. The molecule has 0 unspecified atom stereocenters. The minimum atomic E-state index is -0.516. The molecule has 0 spiro atoms. The molecule has 0 aliphatic rings. The molecule has 5 rings (SSSR count). The summed E-state index contributed by atoms with van der Waals surface area (Å²) in [5, 5.41) is 2.27. The summed E-state index contributed by atoms with van der Waals surface area (Å²) in [5.41, 5.74) is 2.49. The van der Waals surface area contributed by atoms with E-state index in [4.69, 9.17) is 4.74 Å². The smallest absolute Gasteiger partial charge is 0.334 e. The van der Waals surface area contributed by atoms with E-state index in [1.807, 2.05) is 29.6 Å². The molecule has 0 aliphatic heterocycles. The van der Waals surface area contributed by atoms with E-state index in [9.17, 15) is 14.0 Å². The quantitative estimate of drug-likeness (QED) is 0.438. The third-order valence-electron chi connectivity index (χ3n) is 5.18. The Labute approximate surface area is 185 Å². The molecule has 0 atom stereocenters. The number of aromatic amines is 1. The van der Waals surface area contributed by atoms with Crippen molar-refractivity contribution in [2.75, 3.05) is 7.11 Å². The average Bonchev–Trinajstić information content (AvgIpc) is 3.23. The first-order valence-corrected chi connectivity index (χ1v) is 10.6. The number of nitrogens with zero attached hydrogens (tertiary/aromatic N) is 2. The van der Waals surface area contributed by atoms with E-state index in [1.54, 1.807) is 30.5 Å². The Morgan fingerprint density at radius 3 is 2.53 bits per heavy atom. The second-order valence-electron chi connectivity index (χ2n) is 7.09. The molecule has 3 heterocycles. The molecule has 0 fully saturated rings. The summed E-state index contributed by atoms with van der Waals surface area (Å²) in [4.78, 5) is 33.3. The Morgan fingerprint density at radius 1 is 1.00 bits per heavy atom. The Hall–Kier alpha value is -4.04. The first-order chi connectivity index (χ1) is 15.5. The van der Waals surface area contributed by atoms with Crippen LogP contribution in [0.3, 0.4) is 0 Å². The summed E-state index contributed by atoms with van der Waals surface area (Å²) in [6.07, 6.45) is 2.75. The van der Waals surface area contributed by atoms with Crippen molar-refractivity contribution in [1.29, 1.82) is 0 Å². The monoisotopic (exact) mass is 445 g/mol. The van der Waals surface area contributed by atoms with Crippen LogP contribution in [-0.4, -0.2) is 21.6 Å². The van der Waals surface area contributed by atoms with E-state index in [0.717, 1.165) is 21.9 Å². The van der Waals surface area contributed by atoms with Gasteiger partial charge in [-0.15, -0.1) is 11.3 Å². The van der Waals surface area contributed by atoms with Crippen LogP contribution in [0.15, 0.2) is 82.0 Å². The predicted molar refractivity (Wildman–Crippen MR) is 123 cm³/mol. The van der Waals surface area contributed by atoms with Gasteiger partial charge in [0.25, 0.3) is 5.56 Å². The van der Waals surface area contributed by atoms with Gasteiger partial charge in [0.05, 0.1) is 24.4 Å². The highest BCUT2D eigenvalue weighted by atomic mass is 32.1. The van der Waals surface area contributed by atoms with E-state index in [1.165, 1.54) is 24.5 Å². The molecular formula is C24H16FN3O3S. The normalized spacial score (nSPS) is 11.1. The van der Waals surface area contributed by atoms with E-state index in [2.05, 4.69) is 9.97 Å². The lowest BCUT2D eigenvalue weighted by atomic mass is 10.0. The zero-order valence-electron chi connectivity index (χ0n) is 16.8. The molecule has 0 aliphatic carbocycles. The van der Waals surface area contributed by atoms with Crippen molar-refractivity contribution in [2.45, 2.75) is 0 Å². The Morgan fingerprint density at radius 2 is 1.78 bits per heavy atom. The fourth-order valence-electron chi connectivity index (χ4n) is 3.63. The van der Waals surface area contributed by atoms with E-state index < -0.39 is 17.1 Å². The van der Waals surface area contributed by atoms with Crippen molar-refractivity contribution < 1.29 is 9.13 Å². The van der Waals surface area contributed by atoms with Gasteiger partial charge in [-0.3, -0.25) is 14.8 Å². The van der Waals surface area contributed by atoms with Crippen LogP contribution in [0.2, 0.25) is 0 Å². The van der Waals surface area contributed by atoms with Crippen LogP contribution in [0.1, 0.15) is 0 Å². The SMILES string of the molecule is COc1cccc(-n2c(=O)[nH]c3scc(-c4ccc(-c5cncc(F)c5)cc4)c3c2=O)c1. The number of methoxy groups -OCH3 is 1. The largest absolute Gasteiger partial charge is 0.497 e. The lowest BCUT2D eigenvalue weighted by Gasteiger charge is -2.08. The van der Waals surface area contributed by atoms with Crippen LogP contribution in [-0.2, 0) is 0 Å². The van der Waals surface area contributed by atoms with Crippen LogP contribution in [0.4, 0.5) is 4.39 Å². The van der Waals surface area contributed by atoms with E-state index in [-0.39, 0.29) is 0 Å². The molecule has 8 heteroatoms. The van der Waals surface area contributed by atoms with Gasteiger partial charge in [-0.2, -0.15) is 0 Å². The molecule has 3 aromatic heterocycles. The third-order valence-corrected chi connectivity index (χ3v) is 6.07. The predicted octanol–water partition coefficient (Wildman–Crippen LogP) is 4.62. The summed E-state index contributed by atoms with van der Waals surface area (Å²) in [6.45, 7) is 0. The molecule has 2 aromatic carbocycles. The van der Waals surface area contributed by atoms with Gasteiger partial charge in [0.1, 0.15) is 16.4 Å². The van der Waals surface area contributed by atoms with Crippen LogP contribution >= 0.6 is 11.3 Å². The minimum Gasteiger partial charge on any atom is -0.497 e. The number of halogens is 1. The van der Waals surface area contributed by atoms with Crippen LogP contribution in [0, 0.1) is 5.82 Å². The van der Waals surface area contributed by atoms with Gasteiger partial charge in [-0.25, -0.2) is 13.8 Å². The molecule has 1 N–H and O–H groups in total. The first kappa shape index (κ1) is 19.9. The molecular weight excluding hydrogens is 429 g/mol. The number of hydrogen-bond acceptors (Lipinski definition) is 5. The maximum atomic E-state index is 13.5. The topological polar surface area (TPSA) is 77.0 Å². The highest BCUT2D eigenvalue weighted by Gasteiger charge is 2.16. The molecule has 32 heavy (non-hydrogen) atoms. The summed E-state index contributed by atoms with van der Waals surface area (Å²) in [7, 11) is 1.52. The van der Waals surface area contributed by atoms with Crippen LogP contribution in [0.25, 0.3) is 38.2 Å². The van der Waals surface area contributed by atoms with E-state index >= 15 is 0 Å². The zero-order valence-corrected chi connectivity index (χ0v) is 17.7. The lowest BCUT2D eigenvalue weighted by molar-refractivity contribution is 0.414. The molecule has 6 nitrogen and oxygen atoms in total. The maximum absolute atomic E-state index is 13.5. The number of pyridine rings is 1. The van der Waals surface area contributed by atoms with Gasteiger partial charge in [0.2, 0.25) is 0 Å². The van der Waals surface area contributed by atoms with Crippen molar-refractivity contribution in [1.82, 2.24) is 14.5 Å². The number of H-pyrrole nitrogens is 1. The van der Waals surface area contributed by atoms with Gasteiger partial charge in [-0.05, 0) is 29.3 Å². The molecule has 0 saturated heterocycles. The van der Waals surface area contributed by atoms with E-state index in [0.29, 0.717) is 32.8 Å². The Bertz CT molecular complexity index is 1570. The Kier molecular flexibility index (Phi) is 4.91. The summed E-state index contributed by atoms with van der Waals surface area (Å²) in [6, 6.07) is 15.6. The van der Waals surface area contributed by atoms with Crippen molar-refractivity contribution in [3.8, 4) is 33.7 Å². The number of rotatable bonds is 4. The van der Waals surface area contributed by atoms with Crippen molar-refractivity contribution in [2.24, 2.45) is 0 Å². The number of ether oxygens (including phenoxy) is 1. The van der Waals surface area contributed by atoms with Gasteiger partial charge in [0, 0.05) is 28.8 Å². The number of thiophene rings is 1. The second-order valence-corrected chi connectivity index (χ2v) is 7.97. The van der Waals surface area contributed by atoms with Gasteiger partial charge in [0.15, 0.2) is 0 Å². The van der Waals surface area contributed by atoms with Gasteiger partial charge < -0.3 is 4.74 Å². The lowest BCUT2D eigenvalue weighted by Crippen LogP contribution is -2.33. The number of aromatic nitrogens is 3. The van der Waals surface area contributed by atoms with Crippen molar-refractivity contribution in [3.63, 3.8) is 0 Å². The third kappa shape index (κ3) is 3.40. The van der Waals surface area contributed by atoms with Crippen LogP contribution in [0.5, 0.6) is 5.75 Å². The van der Waals surface area contributed by atoms with Crippen molar-refractivity contribution in [3.05, 3.63) is 99.0 Å². The average molecular weight is 445 g/mol. The van der Waals surface area contributed by atoms with Crippen LogP contribution < -0.4 is 16.0 Å². The summed E-state index contributed by atoms with van der Waals surface area (Å²) >= 11 is 1.30. The summed E-state index contributed by atoms with van der Waals surface area (Å²) < 4.78 is 19.8. The zero-order chi connectivity index (χ0) is 22.2. The molecule has 5 aromatic rings.